The van der Waals surface area contributed by atoms with E-state index in [-0.39, 0.29) is 12.3 Å². The molecule has 0 unspecified atom stereocenters. The fourth-order valence-electron chi connectivity index (χ4n) is 0.853. The highest BCUT2D eigenvalue weighted by Gasteiger charge is 2.12. The summed E-state index contributed by atoms with van der Waals surface area (Å²) < 4.78 is 4.89. The number of aryl methyl sites for hydroxylation is 1. The van der Waals surface area contributed by atoms with E-state index in [1.54, 1.807) is 13.0 Å². The van der Waals surface area contributed by atoms with Crippen molar-refractivity contribution in [3.8, 4) is 0 Å². The molecule has 1 rings (SSSR count). The summed E-state index contributed by atoms with van der Waals surface area (Å²) in [5.41, 5.74) is 5.57. The largest absolute Gasteiger partial charge is 0.459 e. The van der Waals surface area contributed by atoms with E-state index in [9.17, 15) is 9.59 Å². The van der Waals surface area contributed by atoms with E-state index in [1.807, 2.05) is 0 Å². The molecule has 1 heterocycles. The zero-order valence-corrected chi connectivity index (χ0v) is 7.16. The van der Waals surface area contributed by atoms with Crippen LogP contribution in [0.1, 0.15) is 16.1 Å². The predicted octanol–water partition coefficient (Wildman–Crippen LogP) is -0.197. The molecule has 0 aliphatic heterocycles. The minimum atomic E-state index is -0.586. The molecule has 0 fully saturated rings. The maximum Gasteiger partial charge on any atom is 0.287 e. The molecule has 3 N–H and O–H groups in total. The number of primary amides is 1. The van der Waals surface area contributed by atoms with Gasteiger partial charge in [-0.05, 0) is 13.0 Å². The Balaban J connectivity index is 2.59. The lowest BCUT2D eigenvalue weighted by Gasteiger charge is -1.99. The van der Waals surface area contributed by atoms with Crippen LogP contribution in [0, 0.1) is 6.92 Å². The molecule has 0 aromatic carbocycles. The van der Waals surface area contributed by atoms with Crippen molar-refractivity contribution in [2.45, 2.75) is 6.92 Å². The highest BCUT2D eigenvalue weighted by atomic mass is 16.3. The van der Waals surface area contributed by atoms with Gasteiger partial charge in [0.1, 0.15) is 0 Å². The van der Waals surface area contributed by atoms with Crippen molar-refractivity contribution >= 4 is 11.8 Å². The van der Waals surface area contributed by atoms with Crippen molar-refractivity contribution in [2.24, 2.45) is 5.73 Å². The second kappa shape index (κ2) is 3.75. The van der Waals surface area contributed by atoms with Gasteiger partial charge in [0.2, 0.25) is 5.91 Å². The van der Waals surface area contributed by atoms with Gasteiger partial charge in [-0.1, -0.05) is 0 Å². The third-order valence-corrected chi connectivity index (χ3v) is 1.49. The number of nitrogens with two attached hydrogens (primary N) is 1. The number of carbonyl (C=O) groups is 2. The Hall–Kier alpha value is -1.78. The monoisotopic (exact) mass is 182 g/mol. The lowest BCUT2D eigenvalue weighted by Crippen LogP contribution is -2.33. The Morgan fingerprint density at radius 1 is 1.62 bits per heavy atom. The summed E-state index contributed by atoms with van der Waals surface area (Å²) in [5.74, 6) is -0.805. The van der Waals surface area contributed by atoms with Crippen LogP contribution in [0.4, 0.5) is 0 Å². The molecule has 2 amide bonds. The molecule has 70 valence electrons. The molecule has 0 aliphatic rings. The van der Waals surface area contributed by atoms with Gasteiger partial charge in [0.15, 0.2) is 5.76 Å². The van der Waals surface area contributed by atoms with Gasteiger partial charge >= 0.3 is 0 Å². The molecule has 1 aromatic heterocycles. The molecule has 0 spiro atoms. The first-order valence-corrected chi connectivity index (χ1v) is 3.72. The number of carbonyl (C=O) groups excluding carboxylic acids is 2. The Bertz CT molecular complexity index is 330. The van der Waals surface area contributed by atoms with Crippen LogP contribution >= 0.6 is 0 Å². The van der Waals surface area contributed by atoms with Gasteiger partial charge < -0.3 is 15.5 Å². The van der Waals surface area contributed by atoms with Crippen LogP contribution in [0.3, 0.4) is 0 Å². The molecule has 5 nitrogen and oxygen atoms in total. The van der Waals surface area contributed by atoms with E-state index >= 15 is 0 Å². The zero-order chi connectivity index (χ0) is 9.84. The fraction of sp³-hybridized carbons (Fsp3) is 0.250. The van der Waals surface area contributed by atoms with E-state index in [0.29, 0.717) is 0 Å². The number of furan rings is 1. The Morgan fingerprint density at radius 2 is 2.31 bits per heavy atom. The van der Waals surface area contributed by atoms with E-state index in [1.165, 1.54) is 6.26 Å². The van der Waals surface area contributed by atoms with Crippen LogP contribution in [-0.2, 0) is 4.79 Å². The lowest BCUT2D eigenvalue weighted by molar-refractivity contribution is -0.117. The molecular weight excluding hydrogens is 172 g/mol. The Labute approximate surface area is 74.9 Å². The van der Waals surface area contributed by atoms with Gasteiger partial charge in [-0.25, -0.2) is 0 Å². The van der Waals surface area contributed by atoms with Gasteiger partial charge in [0, 0.05) is 5.56 Å². The summed E-state index contributed by atoms with van der Waals surface area (Å²) in [6.45, 7) is 1.56. The van der Waals surface area contributed by atoms with Crippen molar-refractivity contribution in [3.05, 3.63) is 23.7 Å². The SMILES string of the molecule is Cc1ccoc1C(=O)NCC(N)=O. The van der Waals surface area contributed by atoms with Gasteiger partial charge in [-0.3, -0.25) is 9.59 Å². The van der Waals surface area contributed by atoms with Gasteiger partial charge in [-0.2, -0.15) is 0 Å². The van der Waals surface area contributed by atoms with Crippen molar-refractivity contribution in [3.63, 3.8) is 0 Å². The highest BCUT2D eigenvalue weighted by molar-refractivity contribution is 5.95. The maximum atomic E-state index is 11.2. The van der Waals surface area contributed by atoms with Gasteiger partial charge in [-0.15, -0.1) is 0 Å². The third-order valence-electron chi connectivity index (χ3n) is 1.49. The number of nitrogens with one attached hydrogen (secondary N) is 1. The second-order valence-corrected chi connectivity index (χ2v) is 2.58. The first kappa shape index (κ1) is 9.31. The first-order chi connectivity index (χ1) is 6.11. The van der Waals surface area contributed by atoms with E-state index in [0.717, 1.165) is 5.56 Å². The molecule has 0 saturated carbocycles. The van der Waals surface area contributed by atoms with Gasteiger partial charge in [0.25, 0.3) is 5.91 Å². The van der Waals surface area contributed by atoms with E-state index in [2.05, 4.69) is 5.32 Å². The summed E-state index contributed by atoms with van der Waals surface area (Å²) >= 11 is 0. The van der Waals surface area contributed by atoms with E-state index in [4.69, 9.17) is 10.2 Å². The minimum absolute atomic E-state index is 0.182. The number of hydrogen-bond donors (Lipinski definition) is 2. The topological polar surface area (TPSA) is 85.3 Å². The minimum Gasteiger partial charge on any atom is -0.459 e. The third kappa shape index (κ3) is 2.33. The first-order valence-electron chi connectivity index (χ1n) is 3.72. The quantitative estimate of drug-likeness (QED) is 0.679. The Kier molecular flexibility index (Phi) is 2.69. The van der Waals surface area contributed by atoms with Crippen LogP contribution in [0.2, 0.25) is 0 Å². The average Bonchev–Trinajstić information content (AvgIpc) is 2.47. The van der Waals surface area contributed by atoms with Crippen LogP contribution in [0.5, 0.6) is 0 Å². The zero-order valence-electron chi connectivity index (χ0n) is 7.16. The second-order valence-electron chi connectivity index (χ2n) is 2.58. The number of rotatable bonds is 3. The number of hydrogen-bond acceptors (Lipinski definition) is 3. The molecule has 0 saturated heterocycles. The smallest absolute Gasteiger partial charge is 0.287 e. The fourth-order valence-corrected chi connectivity index (χ4v) is 0.853. The van der Waals surface area contributed by atoms with Crippen molar-refractivity contribution in [2.75, 3.05) is 6.54 Å². The van der Waals surface area contributed by atoms with Crippen LogP contribution in [-0.4, -0.2) is 18.4 Å². The summed E-state index contributed by atoms with van der Waals surface area (Å²) in [5, 5.41) is 2.32. The summed E-state index contributed by atoms with van der Waals surface area (Å²) in [6.07, 6.45) is 1.41. The van der Waals surface area contributed by atoms with Crippen LogP contribution in [0.25, 0.3) is 0 Å². The van der Waals surface area contributed by atoms with E-state index < -0.39 is 11.8 Å². The molecule has 1 aromatic rings. The maximum absolute atomic E-state index is 11.2. The molecule has 0 radical (unpaired) electrons. The molecular formula is C8H10N2O3. The lowest BCUT2D eigenvalue weighted by atomic mass is 10.3. The summed E-state index contributed by atoms with van der Waals surface area (Å²) in [7, 11) is 0. The Morgan fingerprint density at radius 3 is 2.77 bits per heavy atom. The van der Waals surface area contributed by atoms with Crippen LogP contribution in [0.15, 0.2) is 16.7 Å². The normalized spacial score (nSPS) is 9.62. The van der Waals surface area contributed by atoms with Crippen molar-refractivity contribution < 1.29 is 14.0 Å². The average molecular weight is 182 g/mol. The number of amides is 2. The molecule has 0 atom stereocenters. The van der Waals surface area contributed by atoms with Gasteiger partial charge in [0.05, 0.1) is 12.8 Å². The standard InChI is InChI=1S/C8H10N2O3/c1-5-2-3-13-7(5)8(12)10-4-6(9)11/h2-3H,4H2,1H3,(H2,9,11)(H,10,12). The molecule has 13 heavy (non-hydrogen) atoms. The van der Waals surface area contributed by atoms with Crippen molar-refractivity contribution in [1.82, 2.24) is 5.32 Å². The highest BCUT2D eigenvalue weighted by Crippen LogP contribution is 2.07. The summed E-state index contributed by atoms with van der Waals surface area (Å²) in [4.78, 5) is 21.6. The molecule has 5 heteroatoms. The predicted molar refractivity (Wildman–Crippen MR) is 45.0 cm³/mol. The molecule has 0 aliphatic carbocycles. The van der Waals surface area contributed by atoms with Crippen LogP contribution < -0.4 is 11.1 Å². The molecule has 0 bridgehead atoms. The van der Waals surface area contributed by atoms with Crippen molar-refractivity contribution in [1.29, 1.82) is 0 Å². The summed E-state index contributed by atoms with van der Waals surface area (Å²) in [6, 6.07) is 1.67.